The predicted molar refractivity (Wildman–Crippen MR) is 186 cm³/mol. The lowest BCUT2D eigenvalue weighted by atomic mass is 9.85. The molecule has 2 rings (SSSR count). The highest BCUT2D eigenvalue weighted by Gasteiger charge is 2.33. The summed E-state index contributed by atoms with van der Waals surface area (Å²) in [5, 5.41) is 17.0. The number of primary amides is 1. The number of allylic oxidation sites excluding steroid dienone is 4. The van der Waals surface area contributed by atoms with Crippen LogP contribution < -0.4 is 22.1 Å². The zero-order valence-corrected chi connectivity index (χ0v) is 30.2. The molecule has 0 spiro atoms. The molecule has 0 aromatic heterocycles. The van der Waals surface area contributed by atoms with Gasteiger partial charge in [-0.1, -0.05) is 38.2 Å². The predicted octanol–water partition coefficient (Wildman–Crippen LogP) is 2.41. The number of amides is 2. The number of methoxy groups -OCH3 is 2. The van der Waals surface area contributed by atoms with Gasteiger partial charge in [0, 0.05) is 43.9 Å². The summed E-state index contributed by atoms with van der Waals surface area (Å²) in [4.78, 5) is 64.1. The molecule has 1 aliphatic heterocycles. The van der Waals surface area contributed by atoms with Crippen LogP contribution in [-0.4, -0.2) is 92.5 Å². The molecule has 0 aromatic rings. The molecule has 2 aliphatic rings. The fraction of sp³-hybridized carbons (Fsp3) is 0.583. The van der Waals surface area contributed by atoms with Crippen molar-refractivity contribution in [2.24, 2.45) is 23.3 Å². The molecule has 278 valence electrons. The average molecular weight is 703 g/mol. The monoisotopic (exact) mass is 702 g/mol. The molecule has 2 amide bonds. The molecule has 0 saturated carbocycles. The number of aliphatic hydroxyl groups is 1. The largest absolute Gasteiger partial charge is 0.465 e. The van der Waals surface area contributed by atoms with Crippen molar-refractivity contribution in [3.05, 3.63) is 58.5 Å². The highest BCUT2D eigenvalue weighted by atomic mass is 16.6. The minimum absolute atomic E-state index is 0.128. The zero-order valence-electron chi connectivity index (χ0n) is 30.2. The van der Waals surface area contributed by atoms with Gasteiger partial charge in [-0.2, -0.15) is 0 Å². The van der Waals surface area contributed by atoms with E-state index in [1.54, 1.807) is 32.9 Å². The van der Waals surface area contributed by atoms with Crippen LogP contribution in [0.15, 0.2) is 58.5 Å². The zero-order chi connectivity index (χ0) is 37.5. The van der Waals surface area contributed by atoms with Gasteiger partial charge in [0.25, 0.3) is 5.91 Å². The van der Waals surface area contributed by atoms with Crippen LogP contribution in [0.1, 0.15) is 66.7 Å². The van der Waals surface area contributed by atoms with Crippen LogP contribution >= 0.6 is 0 Å². The molecule has 14 nitrogen and oxygen atoms in total. The maximum Gasteiger partial charge on any atom is 0.405 e. The standard InChI is InChI=1S/C36H54N4O10/c1-8-49-35(45)25(37)13-9-10-15-39-30-24-16-20(2)17-29(48-7)31(42)22(4)18-23(5)33(50-36(38)46)28(47-6)14-11-12-21(3)34(44)40-26(32(24)43)19-27(30)41/h11-12,14,18-20,22,25,28-29,31,33,39,42H,8-10,13,15-17,37H2,1-7H3,(H2,38,46)(H,40,44)/b14-11-,21-12+,23-18+/t20-,22+,25+,28+,29+,31-,33+/m1/s1. The maximum absolute atomic E-state index is 13.9. The maximum atomic E-state index is 13.9. The summed E-state index contributed by atoms with van der Waals surface area (Å²) in [6, 6.07) is -0.749. The molecule has 1 aliphatic carbocycles. The number of rotatable bonds is 11. The van der Waals surface area contributed by atoms with E-state index >= 15 is 0 Å². The van der Waals surface area contributed by atoms with Gasteiger partial charge in [0.1, 0.15) is 12.1 Å². The Balaban J connectivity index is 2.47. The second-order valence-electron chi connectivity index (χ2n) is 12.7. The second-order valence-corrected chi connectivity index (χ2v) is 12.7. The number of carbonyl (C=O) groups is 5. The molecule has 0 unspecified atom stereocenters. The smallest absolute Gasteiger partial charge is 0.405 e. The second kappa shape index (κ2) is 20.5. The normalized spacial score (nSPS) is 29.1. The van der Waals surface area contributed by atoms with Crippen molar-refractivity contribution in [2.45, 2.75) is 97.2 Å². The first-order valence-corrected chi connectivity index (χ1v) is 16.9. The Hall–Kier alpha value is -4.11. The van der Waals surface area contributed by atoms with Gasteiger partial charge in [0.2, 0.25) is 11.6 Å². The first-order chi connectivity index (χ1) is 23.6. The summed E-state index contributed by atoms with van der Waals surface area (Å²) in [6.45, 7) is 9.21. The van der Waals surface area contributed by atoms with Crippen LogP contribution in [0.4, 0.5) is 4.79 Å². The number of hydrogen-bond donors (Lipinski definition) is 5. The number of nitrogens with two attached hydrogens (primary N) is 2. The molecule has 0 aromatic carbocycles. The molecule has 0 radical (unpaired) electrons. The molecule has 7 N–H and O–H groups in total. The number of esters is 1. The van der Waals surface area contributed by atoms with Crippen LogP contribution in [-0.2, 0) is 38.1 Å². The molecule has 0 fully saturated rings. The van der Waals surface area contributed by atoms with Crippen LogP contribution in [0.5, 0.6) is 0 Å². The molecule has 14 heteroatoms. The average Bonchev–Trinajstić information content (AvgIpc) is 3.06. The molecular weight excluding hydrogens is 648 g/mol. The van der Waals surface area contributed by atoms with E-state index in [0.29, 0.717) is 37.8 Å². The van der Waals surface area contributed by atoms with Gasteiger partial charge in [-0.25, -0.2) is 4.79 Å². The highest BCUT2D eigenvalue weighted by Crippen LogP contribution is 2.29. The molecule has 50 heavy (non-hydrogen) atoms. The minimum atomic E-state index is -1.01. The van der Waals surface area contributed by atoms with Gasteiger partial charge in [0.15, 0.2) is 6.10 Å². The molecular formula is C36H54N4O10. The summed E-state index contributed by atoms with van der Waals surface area (Å²) in [5.74, 6) is -2.79. The van der Waals surface area contributed by atoms with Gasteiger partial charge in [-0.15, -0.1) is 0 Å². The fourth-order valence-corrected chi connectivity index (χ4v) is 5.85. The van der Waals surface area contributed by atoms with Crippen molar-refractivity contribution in [3.8, 4) is 0 Å². The Morgan fingerprint density at radius 1 is 1.12 bits per heavy atom. The first-order valence-electron chi connectivity index (χ1n) is 16.9. The highest BCUT2D eigenvalue weighted by molar-refractivity contribution is 6.23. The van der Waals surface area contributed by atoms with Gasteiger partial charge >= 0.3 is 12.1 Å². The van der Waals surface area contributed by atoms with E-state index in [1.807, 2.05) is 6.92 Å². The summed E-state index contributed by atoms with van der Waals surface area (Å²) in [5.41, 5.74) is 12.2. The van der Waals surface area contributed by atoms with E-state index in [2.05, 4.69) is 10.6 Å². The third-order valence-corrected chi connectivity index (χ3v) is 8.63. The van der Waals surface area contributed by atoms with Crippen LogP contribution in [0, 0.1) is 11.8 Å². The summed E-state index contributed by atoms with van der Waals surface area (Å²) in [7, 11) is 2.90. The fourth-order valence-electron chi connectivity index (χ4n) is 5.85. The Bertz CT molecular complexity index is 1400. The molecule has 1 heterocycles. The van der Waals surface area contributed by atoms with Gasteiger partial charge in [-0.05, 0) is 64.4 Å². The summed E-state index contributed by atoms with van der Waals surface area (Å²) < 4.78 is 21.6. The lowest BCUT2D eigenvalue weighted by molar-refractivity contribution is -0.144. The van der Waals surface area contributed by atoms with Crippen molar-refractivity contribution in [3.63, 3.8) is 0 Å². The van der Waals surface area contributed by atoms with Crippen LogP contribution in [0.2, 0.25) is 0 Å². The third kappa shape index (κ3) is 12.3. The number of ketones is 2. The lowest BCUT2D eigenvalue weighted by Gasteiger charge is -2.30. The van der Waals surface area contributed by atoms with E-state index in [1.165, 1.54) is 33.3 Å². The van der Waals surface area contributed by atoms with E-state index in [-0.39, 0.29) is 41.5 Å². The van der Waals surface area contributed by atoms with Crippen molar-refractivity contribution < 1.29 is 48.0 Å². The van der Waals surface area contributed by atoms with Crippen molar-refractivity contribution in [1.82, 2.24) is 10.6 Å². The van der Waals surface area contributed by atoms with Gasteiger partial charge in [0.05, 0.1) is 30.2 Å². The third-order valence-electron chi connectivity index (χ3n) is 8.63. The van der Waals surface area contributed by atoms with Crippen molar-refractivity contribution in [1.29, 1.82) is 0 Å². The van der Waals surface area contributed by atoms with E-state index in [4.69, 9.17) is 30.4 Å². The number of carbonyl (C=O) groups excluding carboxylic acids is 5. The van der Waals surface area contributed by atoms with Crippen LogP contribution in [0.3, 0.4) is 0 Å². The van der Waals surface area contributed by atoms with Crippen molar-refractivity contribution >= 4 is 29.5 Å². The number of nitrogens with one attached hydrogen (secondary N) is 2. The van der Waals surface area contributed by atoms with Gasteiger partial charge < -0.3 is 46.2 Å². The first kappa shape index (κ1) is 42.1. The number of Topliss-reactive ketones (excluding diaryl/α,β-unsaturated/α-hetero) is 1. The lowest BCUT2D eigenvalue weighted by Crippen LogP contribution is -2.38. The SMILES string of the molecule is CCOC(=O)[C@@H](N)CCCCNC1=C2C[C@@H](C)C[C@H](OC)[C@H](O)[C@@H](C)/C=C(\C)[C@H](OC(N)=O)[C@@H](OC)/C=C\C=C(/C)C(=O)NC(=CC1=O)C2=O. The molecule has 0 saturated heterocycles. The Morgan fingerprint density at radius 2 is 1.82 bits per heavy atom. The van der Waals surface area contributed by atoms with E-state index in [9.17, 15) is 29.1 Å². The quantitative estimate of drug-likeness (QED) is 0.0908. The van der Waals surface area contributed by atoms with E-state index < -0.39 is 65.9 Å². The summed E-state index contributed by atoms with van der Waals surface area (Å²) >= 11 is 0. The van der Waals surface area contributed by atoms with Gasteiger partial charge in [-0.3, -0.25) is 19.2 Å². The number of ether oxygens (including phenoxy) is 4. The number of hydrogen-bond acceptors (Lipinski definition) is 12. The van der Waals surface area contributed by atoms with E-state index in [0.717, 1.165) is 6.08 Å². The Labute approximate surface area is 294 Å². The van der Waals surface area contributed by atoms with Crippen molar-refractivity contribution in [2.75, 3.05) is 27.4 Å². The Kier molecular flexibility index (Phi) is 17.3. The molecule has 2 bridgehead atoms. The number of aliphatic hydroxyl groups excluding tert-OH is 1. The number of unbranched alkanes of at least 4 members (excludes halogenated alkanes) is 1. The molecule has 7 atom stereocenters. The Morgan fingerprint density at radius 3 is 2.44 bits per heavy atom. The number of fused-ring (bicyclic) bond motifs is 2. The van der Waals surface area contributed by atoms with Crippen LogP contribution in [0.25, 0.3) is 0 Å². The topological polar surface area (TPSA) is 219 Å². The minimum Gasteiger partial charge on any atom is -0.465 e. The summed E-state index contributed by atoms with van der Waals surface area (Å²) in [6.07, 6.45) is 5.03.